The Labute approximate surface area is 176 Å². The highest BCUT2D eigenvalue weighted by Gasteiger charge is 2.26. The van der Waals surface area contributed by atoms with Gasteiger partial charge in [0.05, 0.1) is 13.0 Å². The molecule has 4 rings (SSSR count). The molecule has 0 spiro atoms. The van der Waals surface area contributed by atoms with Crippen molar-refractivity contribution >= 4 is 40.5 Å². The molecule has 0 saturated carbocycles. The van der Waals surface area contributed by atoms with Gasteiger partial charge in [-0.15, -0.1) is 0 Å². The van der Waals surface area contributed by atoms with E-state index >= 15 is 0 Å². The van der Waals surface area contributed by atoms with Crippen molar-refractivity contribution in [1.29, 1.82) is 0 Å². The number of carbonyl (C=O) groups excluding carboxylic acids is 2. The molecule has 2 aromatic rings. The summed E-state index contributed by atoms with van der Waals surface area (Å²) in [6, 6.07) is 13.9. The number of nitrogens with zero attached hydrogens (tertiary/aromatic N) is 3. The zero-order chi connectivity index (χ0) is 20.5. The highest BCUT2D eigenvalue weighted by molar-refractivity contribution is 6.30. The lowest BCUT2D eigenvalue weighted by atomic mass is 10.1. The molecule has 2 aromatic carbocycles. The number of halogens is 1. The van der Waals surface area contributed by atoms with Crippen molar-refractivity contribution in [2.24, 2.45) is 0 Å². The molecule has 0 aliphatic carbocycles. The lowest BCUT2D eigenvalue weighted by molar-refractivity contribution is -0.118. The first-order valence-corrected chi connectivity index (χ1v) is 10.2. The predicted molar refractivity (Wildman–Crippen MR) is 117 cm³/mol. The van der Waals surface area contributed by atoms with Gasteiger partial charge in [0.25, 0.3) is 0 Å². The Morgan fingerprint density at radius 3 is 2.66 bits per heavy atom. The van der Waals surface area contributed by atoms with Gasteiger partial charge in [0.1, 0.15) is 0 Å². The molecule has 2 heterocycles. The average Bonchev–Trinajstić information content (AvgIpc) is 2.97. The van der Waals surface area contributed by atoms with Crippen LogP contribution in [0.15, 0.2) is 42.5 Å². The molecule has 29 heavy (non-hydrogen) atoms. The van der Waals surface area contributed by atoms with Gasteiger partial charge >= 0.3 is 0 Å². The second-order valence-electron chi connectivity index (χ2n) is 7.78. The number of piperazine rings is 1. The Hall–Kier alpha value is -2.57. The van der Waals surface area contributed by atoms with Crippen LogP contribution in [0.25, 0.3) is 0 Å². The fraction of sp³-hybridized carbons (Fsp3) is 0.364. The molecular weight excluding hydrogens is 388 g/mol. The van der Waals surface area contributed by atoms with Crippen molar-refractivity contribution in [2.75, 3.05) is 48.3 Å². The first-order chi connectivity index (χ1) is 13.9. The lowest BCUT2D eigenvalue weighted by Crippen LogP contribution is -2.53. The number of fused-ring (bicyclic) bond motifs is 1. The van der Waals surface area contributed by atoms with E-state index in [-0.39, 0.29) is 11.8 Å². The van der Waals surface area contributed by atoms with Crippen LogP contribution in [0.4, 0.5) is 17.1 Å². The minimum absolute atomic E-state index is 0.0379. The topological polar surface area (TPSA) is 55.9 Å². The first kappa shape index (κ1) is 19.7. The third kappa shape index (κ3) is 4.23. The lowest BCUT2D eigenvalue weighted by Gasteiger charge is -2.41. The van der Waals surface area contributed by atoms with Crippen LogP contribution in [0, 0.1) is 0 Å². The molecule has 1 fully saturated rings. The molecular formula is C22H25ClN4O2. The molecule has 1 atom stereocenters. The summed E-state index contributed by atoms with van der Waals surface area (Å²) < 4.78 is 0. The van der Waals surface area contributed by atoms with E-state index in [1.165, 1.54) is 0 Å². The zero-order valence-electron chi connectivity index (χ0n) is 16.7. The number of amides is 2. The maximum Gasteiger partial charge on any atom is 0.238 e. The highest BCUT2D eigenvalue weighted by Crippen LogP contribution is 2.30. The highest BCUT2D eigenvalue weighted by atomic mass is 35.5. The molecule has 2 aliphatic rings. The summed E-state index contributed by atoms with van der Waals surface area (Å²) in [5.74, 6) is 0.0418. The van der Waals surface area contributed by atoms with Gasteiger partial charge in [0.2, 0.25) is 11.8 Å². The van der Waals surface area contributed by atoms with Crippen molar-refractivity contribution in [2.45, 2.75) is 19.4 Å². The van der Waals surface area contributed by atoms with Crippen LogP contribution < -0.4 is 15.1 Å². The minimum Gasteiger partial charge on any atom is -0.366 e. The van der Waals surface area contributed by atoms with E-state index in [4.69, 9.17) is 11.6 Å². The van der Waals surface area contributed by atoms with Crippen LogP contribution in [-0.2, 0) is 16.0 Å². The monoisotopic (exact) mass is 412 g/mol. The van der Waals surface area contributed by atoms with Crippen molar-refractivity contribution in [3.05, 3.63) is 53.1 Å². The van der Waals surface area contributed by atoms with Crippen molar-refractivity contribution < 1.29 is 9.59 Å². The molecule has 6 nitrogen and oxygen atoms in total. The normalized spacial score (nSPS) is 19.4. The van der Waals surface area contributed by atoms with Gasteiger partial charge in [-0.3, -0.25) is 14.5 Å². The summed E-state index contributed by atoms with van der Waals surface area (Å²) in [6.07, 6.45) is 0.426. The smallest absolute Gasteiger partial charge is 0.238 e. The van der Waals surface area contributed by atoms with Gasteiger partial charge in [-0.25, -0.2) is 0 Å². The summed E-state index contributed by atoms with van der Waals surface area (Å²) in [4.78, 5) is 30.5. The van der Waals surface area contributed by atoms with Crippen LogP contribution in [0.1, 0.15) is 12.5 Å². The maximum absolute atomic E-state index is 12.6. The molecule has 1 saturated heterocycles. The second kappa shape index (κ2) is 8.05. The SMILES string of the molecule is C[C@@H]1CN(CC(=O)Nc2ccc3c(c2)N(C)C(=O)C3)CCN1c1ccc(Cl)cc1. The molecule has 2 aliphatic heterocycles. The standard InChI is InChI=1S/C22H25ClN4O2/c1-15-13-26(9-10-27(15)19-7-4-17(23)5-8-19)14-21(28)24-18-6-3-16-11-22(29)25(2)20(16)12-18/h3-8,12,15H,9-11,13-14H2,1-2H3,(H,24,28)/t15-/m1/s1. The Morgan fingerprint density at radius 1 is 1.17 bits per heavy atom. The van der Waals surface area contributed by atoms with Gasteiger partial charge < -0.3 is 15.1 Å². The number of anilines is 3. The van der Waals surface area contributed by atoms with E-state index in [0.717, 1.165) is 47.3 Å². The van der Waals surface area contributed by atoms with Gasteiger partial charge in [-0.2, -0.15) is 0 Å². The second-order valence-corrected chi connectivity index (χ2v) is 8.21. The van der Waals surface area contributed by atoms with E-state index in [1.807, 2.05) is 42.5 Å². The first-order valence-electron chi connectivity index (χ1n) is 9.84. The molecule has 0 radical (unpaired) electrons. The van der Waals surface area contributed by atoms with E-state index in [9.17, 15) is 9.59 Å². The van der Waals surface area contributed by atoms with Gasteiger partial charge in [0.15, 0.2) is 0 Å². The van der Waals surface area contributed by atoms with E-state index < -0.39 is 0 Å². The summed E-state index contributed by atoms with van der Waals surface area (Å²) in [7, 11) is 1.77. The quantitative estimate of drug-likeness (QED) is 0.838. The summed E-state index contributed by atoms with van der Waals surface area (Å²) >= 11 is 5.99. The fourth-order valence-corrected chi connectivity index (χ4v) is 4.24. The predicted octanol–water partition coefficient (Wildman–Crippen LogP) is 3.01. The Bertz CT molecular complexity index is 931. The van der Waals surface area contributed by atoms with Crippen LogP contribution in [0.3, 0.4) is 0 Å². The minimum atomic E-state index is -0.0379. The summed E-state index contributed by atoms with van der Waals surface area (Å²) in [6.45, 7) is 5.03. The summed E-state index contributed by atoms with van der Waals surface area (Å²) in [5.41, 5.74) is 3.76. The van der Waals surface area contributed by atoms with Crippen LogP contribution in [-0.4, -0.2) is 56.0 Å². The largest absolute Gasteiger partial charge is 0.366 e. The van der Waals surface area contributed by atoms with Gasteiger partial charge in [-0.05, 0) is 48.9 Å². The Balaban J connectivity index is 1.33. The fourth-order valence-electron chi connectivity index (χ4n) is 4.12. The number of carbonyl (C=O) groups is 2. The number of rotatable bonds is 4. The summed E-state index contributed by atoms with van der Waals surface area (Å²) in [5, 5.41) is 3.71. The zero-order valence-corrected chi connectivity index (χ0v) is 17.4. The van der Waals surface area contributed by atoms with Crippen molar-refractivity contribution in [3.63, 3.8) is 0 Å². The van der Waals surface area contributed by atoms with E-state index in [2.05, 4.69) is 22.0 Å². The molecule has 0 aromatic heterocycles. The third-order valence-electron chi connectivity index (χ3n) is 5.68. The van der Waals surface area contributed by atoms with Crippen molar-refractivity contribution in [1.82, 2.24) is 4.90 Å². The molecule has 0 unspecified atom stereocenters. The van der Waals surface area contributed by atoms with Gasteiger partial charge in [-0.1, -0.05) is 17.7 Å². The molecule has 2 amide bonds. The Morgan fingerprint density at radius 2 is 1.93 bits per heavy atom. The number of likely N-dealkylation sites (N-methyl/N-ethyl adjacent to an activating group) is 1. The number of hydrogen-bond donors (Lipinski definition) is 1. The molecule has 1 N–H and O–H groups in total. The van der Waals surface area contributed by atoms with Crippen LogP contribution >= 0.6 is 11.6 Å². The number of benzene rings is 2. The molecule has 0 bridgehead atoms. The maximum atomic E-state index is 12.6. The van der Waals surface area contributed by atoms with Crippen molar-refractivity contribution in [3.8, 4) is 0 Å². The number of nitrogens with one attached hydrogen (secondary N) is 1. The number of hydrogen-bond acceptors (Lipinski definition) is 4. The third-order valence-corrected chi connectivity index (χ3v) is 5.94. The average molecular weight is 413 g/mol. The van der Waals surface area contributed by atoms with Crippen LogP contribution in [0.5, 0.6) is 0 Å². The molecule has 152 valence electrons. The Kier molecular flexibility index (Phi) is 5.48. The molecule has 7 heteroatoms. The van der Waals surface area contributed by atoms with E-state index in [1.54, 1.807) is 11.9 Å². The van der Waals surface area contributed by atoms with E-state index in [0.29, 0.717) is 19.0 Å². The van der Waals surface area contributed by atoms with Gasteiger partial charge in [0, 0.05) is 54.8 Å². The van der Waals surface area contributed by atoms with Crippen LogP contribution in [0.2, 0.25) is 5.02 Å².